The summed E-state index contributed by atoms with van der Waals surface area (Å²) >= 11 is 6.27. The van der Waals surface area contributed by atoms with Gasteiger partial charge in [0.15, 0.2) is 0 Å². The van der Waals surface area contributed by atoms with E-state index in [-0.39, 0.29) is 22.2 Å². The first-order chi connectivity index (χ1) is 13.4. The van der Waals surface area contributed by atoms with E-state index in [0.29, 0.717) is 19.4 Å². The molecule has 1 heterocycles. The Morgan fingerprint density at radius 3 is 2.45 bits per heavy atom. The molecule has 9 heteroatoms. The van der Waals surface area contributed by atoms with Gasteiger partial charge in [-0.1, -0.05) is 38.4 Å². The number of rotatable bonds is 5. The minimum Gasteiger partial charge on any atom is -0.480 e. The summed E-state index contributed by atoms with van der Waals surface area (Å²) in [5, 5.41) is 14.7. The van der Waals surface area contributed by atoms with Gasteiger partial charge in [0, 0.05) is 13.5 Å². The Bertz CT molecular complexity index is 834. The summed E-state index contributed by atoms with van der Waals surface area (Å²) in [6.07, 6.45) is 0.981. The number of benzene rings is 1. The van der Waals surface area contributed by atoms with Crippen LogP contribution in [0.2, 0.25) is 5.02 Å². The zero-order valence-electron chi connectivity index (χ0n) is 16.9. The summed E-state index contributed by atoms with van der Waals surface area (Å²) in [5.41, 5.74) is -0.271. The van der Waals surface area contributed by atoms with Gasteiger partial charge in [-0.2, -0.15) is 0 Å². The van der Waals surface area contributed by atoms with Crippen molar-refractivity contribution in [3.63, 3.8) is 0 Å². The number of aliphatic carboxylic acids is 1. The Morgan fingerprint density at radius 1 is 1.24 bits per heavy atom. The van der Waals surface area contributed by atoms with Gasteiger partial charge in [-0.25, -0.2) is 4.79 Å². The molecule has 1 aromatic carbocycles. The van der Waals surface area contributed by atoms with E-state index in [1.165, 1.54) is 17.9 Å². The molecule has 0 radical (unpaired) electrons. The Morgan fingerprint density at radius 2 is 1.90 bits per heavy atom. The van der Waals surface area contributed by atoms with Crippen LogP contribution in [0.1, 0.15) is 50.9 Å². The summed E-state index contributed by atoms with van der Waals surface area (Å²) in [7, 11) is 0. The van der Waals surface area contributed by atoms with Crippen LogP contribution >= 0.6 is 11.6 Å². The molecule has 2 atom stereocenters. The molecule has 0 bridgehead atoms. The maximum absolute atomic E-state index is 13.1. The minimum absolute atomic E-state index is 0.0601. The van der Waals surface area contributed by atoms with Gasteiger partial charge in [-0.15, -0.1) is 0 Å². The van der Waals surface area contributed by atoms with Crippen LogP contribution in [0.5, 0.6) is 0 Å². The molecule has 0 saturated carbocycles. The van der Waals surface area contributed by atoms with Gasteiger partial charge >= 0.3 is 5.97 Å². The number of carbonyl (C=O) groups is 4. The van der Waals surface area contributed by atoms with Gasteiger partial charge in [-0.05, 0) is 30.4 Å². The van der Waals surface area contributed by atoms with Crippen LogP contribution in [0, 0.1) is 5.41 Å². The van der Waals surface area contributed by atoms with E-state index in [2.05, 4.69) is 10.6 Å². The standard InChI is InChI=1S/C20H26ClN3O5/c1-11(25)22-13-8-5-7-12(15(13)21)17(26)23-16(20(2,3)4)18(27)24-10-6-9-14(24)19(28)29/h5,7-8,14,16H,6,9-10H2,1-4H3,(H,22,25)(H,23,26)(H,28,29)/t14-,16+/m0/s1. The molecule has 1 aliphatic rings. The third kappa shape index (κ3) is 5.26. The van der Waals surface area contributed by atoms with Crippen molar-refractivity contribution < 1.29 is 24.3 Å². The largest absolute Gasteiger partial charge is 0.480 e. The predicted molar refractivity (Wildman–Crippen MR) is 109 cm³/mol. The molecule has 3 amide bonds. The minimum atomic E-state index is -1.05. The lowest BCUT2D eigenvalue weighted by Gasteiger charge is -2.35. The molecular formula is C20H26ClN3O5. The Balaban J connectivity index is 2.30. The molecule has 0 spiro atoms. The van der Waals surface area contributed by atoms with Gasteiger partial charge < -0.3 is 20.6 Å². The molecule has 1 saturated heterocycles. The molecule has 2 rings (SSSR count). The first-order valence-electron chi connectivity index (χ1n) is 9.33. The summed E-state index contributed by atoms with van der Waals surface area (Å²) in [5.74, 6) is -2.41. The van der Waals surface area contributed by atoms with Crippen LogP contribution in [-0.2, 0) is 14.4 Å². The second-order valence-corrected chi connectivity index (χ2v) is 8.53. The van der Waals surface area contributed by atoms with E-state index in [0.717, 1.165) is 0 Å². The van der Waals surface area contributed by atoms with Crippen LogP contribution in [0.4, 0.5) is 5.69 Å². The number of nitrogens with one attached hydrogen (secondary N) is 2. The maximum Gasteiger partial charge on any atom is 0.326 e. The van der Waals surface area contributed by atoms with Crippen LogP contribution in [0.15, 0.2) is 18.2 Å². The zero-order valence-corrected chi connectivity index (χ0v) is 17.7. The van der Waals surface area contributed by atoms with Gasteiger partial charge in [0.1, 0.15) is 12.1 Å². The monoisotopic (exact) mass is 423 g/mol. The van der Waals surface area contributed by atoms with Crippen LogP contribution in [-0.4, -0.2) is 52.3 Å². The number of hydrogen-bond acceptors (Lipinski definition) is 4. The summed E-state index contributed by atoms with van der Waals surface area (Å²) in [6.45, 7) is 7.02. The van der Waals surface area contributed by atoms with Crippen LogP contribution in [0.25, 0.3) is 0 Å². The molecule has 8 nitrogen and oxygen atoms in total. The SMILES string of the molecule is CC(=O)Nc1cccc(C(=O)N[C@H](C(=O)N2CCC[C@H]2C(=O)O)C(C)(C)C)c1Cl. The smallest absolute Gasteiger partial charge is 0.326 e. The van der Waals surface area contributed by atoms with Crippen molar-refractivity contribution in [1.29, 1.82) is 0 Å². The third-order valence-corrected chi connectivity index (χ3v) is 5.17. The number of nitrogens with zero attached hydrogens (tertiary/aromatic N) is 1. The first-order valence-corrected chi connectivity index (χ1v) is 9.71. The number of hydrogen-bond donors (Lipinski definition) is 3. The quantitative estimate of drug-likeness (QED) is 0.672. The number of amides is 3. The fourth-order valence-electron chi connectivity index (χ4n) is 3.30. The summed E-state index contributed by atoms with van der Waals surface area (Å²) < 4.78 is 0. The number of carboxylic acids is 1. The molecule has 1 fully saturated rings. The fourth-order valence-corrected chi connectivity index (χ4v) is 3.56. The highest BCUT2D eigenvalue weighted by Crippen LogP contribution is 2.29. The molecule has 158 valence electrons. The average molecular weight is 424 g/mol. The van der Waals surface area contributed by atoms with Crippen molar-refractivity contribution in [3.8, 4) is 0 Å². The number of likely N-dealkylation sites (tertiary alicyclic amines) is 1. The summed E-state index contributed by atoms with van der Waals surface area (Å²) in [4.78, 5) is 50.1. The highest BCUT2D eigenvalue weighted by atomic mass is 35.5. The van der Waals surface area contributed by atoms with Crippen LogP contribution in [0.3, 0.4) is 0 Å². The highest BCUT2D eigenvalue weighted by molar-refractivity contribution is 6.36. The lowest BCUT2D eigenvalue weighted by Crippen LogP contribution is -2.56. The molecule has 1 aromatic rings. The van der Waals surface area contributed by atoms with Gasteiger partial charge in [0.25, 0.3) is 5.91 Å². The van der Waals surface area contributed by atoms with Gasteiger partial charge in [0.2, 0.25) is 11.8 Å². The predicted octanol–water partition coefficient (Wildman–Crippen LogP) is 2.52. The van der Waals surface area contributed by atoms with Crippen molar-refractivity contribution in [2.75, 3.05) is 11.9 Å². The summed E-state index contributed by atoms with van der Waals surface area (Å²) in [6, 6.07) is 2.78. The van der Waals surface area contributed by atoms with Gasteiger partial charge in [-0.3, -0.25) is 14.4 Å². The average Bonchev–Trinajstić information content (AvgIpc) is 3.09. The molecule has 0 aromatic heterocycles. The number of carboxylic acid groups (broad SMARTS) is 1. The van der Waals surface area contributed by atoms with Crippen molar-refractivity contribution in [1.82, 2.24) is 10.2 Å². The Labute approximate surface area is 174 Å². The van der Waals surface area contributed by atoms with Gasteiger partial charge in [0.05, 0.1) is 16.3 Å². The maximum atomic E-state index is 13.1. The van der Waals surface area contributed by atoms with Crippen molar-refractivity contribution in [3.05, 3.63) is 28.8 Å². The molecule has 1 aliphatic heterocycles. The fraction of sp³-hybridized carbons (Fsp3) is 0.500. The number of carbonyl (C=O) groups excluding carboxylic acids is 3. The second-order valence-electron chi connectivity index (χ2n) is 8.15. The third-order valence-electron chi connectivity index (χ3n) is 4.76. The topological polar surface area (TPSA) is 116 Å². The van der Waals surface area contributed by atoms with E-state index in [1.807, 2.05) is 0 Å². The van der Waals surface area contributed by atoms with Crippen molar-refractivity contribution >= 4 is 41.0 Å². The normalized spacial score (nSPS) is 17.6. The number of anilines is 1. The van der Waals surface area contributed by atoms with E-state index in [4.69, 9.17) is 11.6 Å². The van der Waals surface area contributed by atoms with E-state index in [1.54, 1.807) is 32.9 Å². The van der Waals surface area contributed by atoms with E-state index < -0.39 is 35.3 Å². The molecule has 0 aliphatic carbocycles. The molecular weight excluding hydrogens is 398 g/mol. The van der Waals surface area contributed by atoms with E-state index in [9.17, 15) is 24.3 Å². The van der Waals surface area contributed by atoms with Crippen molar-refractivity contribution in [2.24, 2.45) is 5.41 Å². The lowest BCUT2D eigenvalue weighted by atomic mass is 9.85. The molecule has 29 heavy (non-hydrogen) atoms. The highest BCUT2D eigenvalue weighted by Gasteiger charge is 2.42. The molecule has 3 N–H and O–H groups in total. The van der Waals surface area contributed by atoms with E-state index >= 15 is 0 Å². The molecule has 0 unspecified atom stereocenters. The Hall–Kier alpha value is -2.61. The first kappa shape index (κ1) is 22.7. The zero-order chi connectivity index (χ0) is 21.9. The lowest BCUT2D eigenvalue weighted by molar-refractivity contribution is -0.150. The number of halogens is 1. The van der Waals surface area contributed by atoms with Crippen molar-refractivity contribution in [2.45, 2.75) is 52.6 Å². The van der Waals surface area contributed by atoms with Crippen LogP contribution < -0.4 is 10.6 Å². The Kier molecular flexibility index (Phi) is 6.89. The second kappa shape index (κ2) is 8.82.